The Morgan fingerprint density at radius 3 is 2.52 bits per heavy atom. The third kappa shape index (κ3) is 5.36. The number of amides is 1. The van der Waals surface area contributed by atoms with Gasteiger partial charge in [0.25, 0.3) is 0 Å². The number of halogens is 1. The number of hydrogen-bond donors (Lipinski definition) is 2. The molecule has 1 atom stereocenters. The summed E-state index contributed by atoms with van der Waals surface area (Å²) in [6, 6.07) is 17.0. The van der Waals surface area contributed by atoms with E-state index in [1.165, 1.54) is 0 Å². The summed E-state index contributed by atoms with van der Waals surface area (Å²) in [6.45, 7) is 0.714. The molecule has 2 N–H and O–H groups in total. The van der Waals surface area contributed by atoms with E-state index in [-0.39, 0.29) is 25.1 Å². The van der Waals surface area contributed by atoms with Crippen LogP contribution in [0.3, 0.4) is 0 Å². The molecule has 0 heterocycles. The van der Waals surface area contributed by atoms with Crippen molar-refractivity contribution in [3.8, 4) is 0 Å². The van der Waals surface area contributed by atoms with Crippen LogP contribution in [0.2, 0.25) is 5.02 Å². The minimum absolute atomic E-state index is 0.0280. The van der Waals surface area contributed by atoms with Crippen LogP contribution in [0.5, 0.6) is 0 Å². The summed E-state index contributed by atoms with van der Waals surface area (Å²) in [5.74, 6) is -0.102. The number of likely N-dealkylation sites (N-methyl/N-ethyl adjacent to an activating group) is 1. The molecule has 0 aliphatic heterocycles. The molecular formula is C18H21ClN2O2. The molecule has 0 aliphatic carbocycles. The second-order valence-electron chi connectivity index (χ2n) is 5.43. The van der Waals surface area contributed by atoms with Crippen LogP contribution in [0.25, 0.3) is 0 Å². The lowest BCUT2D eigenvalue weighted by atomic mass is 9.98. The van der Waals surface area contributed by atoms with E-state index in [1.807, 2.05) is 54.6 Å². The number of aliphatic hydroxyl groups excluding tert-OH is 1. The van der Waals surface area contributed by atoms with Crippen molar-refractivity contribution in [2.24, 2.45) is 0 Å². The van der Waals surface area contributed by atoms with Crippen molar-refractivity contribution >= 4 is 17.5 Å². The van der Waals surface area contributed by atoms with Crippen molar-refractivity contribution in [3.63, 3.8) is 0 Å². The molecule has 0 radical (unpaired) electrons. The highest BCUT2D eigenvalue weighted by Crippen LogP contribution is 2.24. The Morgan fingerprint density at radius 2 is 1.87 bits per heavy atom. The summed E-state index contributed by atoms with van der Waals surface area (Å²) < 4.78 is 0. The van der Waals surface area contributed by atoms with Crippen LogP contribution in [-0.4, -0.2) is 42.7 Å². The Labute approximate surface area is 141 Å². The van der Waals surface area contributed by atoms with Crippen LogP contribution in [0, 0.1) is 0 Å². The highest BCUT2D eigenvalue weighted by molar-refractivity contribution is 6.30. The first-order chi connectivity index (χ1) is 11.1. The molecule has 2 aromatic carbocycles. The normalized spacial score (nSPS) is 12.2. The fraction of sp³-hybridized carbons (Fsp3) is 0.278. The Bertz CT molecular complexity index is 634. The minimum atomic E-state index is -0.259. The van der Waals surface area contributed by atoms with E-state index < -0.39 is 0 Å². The zero-order chi connectivity index (χ0) is 16.7. The highest BCUT2D eigenvalue weighted by atomic mass is 35.5. The van der Waals surface area contributed by atoms with Gasteiger partial charge < -0.3 is 10.4 Å². The first-order valence-electron chi connectivity index (χ1n) is 7.49. The standard InChI is InChI=1S/C18H21ClN2O2/c1-21(10-11-22)13-17(23)20-18(14-6-3-2-4-7-14)15-8-5-9-16(19)12-15/h2-9,12,18,22H,10-11,13H2,1H3,(H,20,23). The van der Waals surface area contributed by atoms with Crippen LogP contribution in [0.1, 0.15) is 17.2 Å². The summed E-state index contributed by atoms with van der Waals surface area (Å²) in [7, 11) is 1.80. The number of rotatable bonds is 7. The highest BCUT2D eigenvalue weighted by Gasteiger charge is 2.17. The van der Waals surface area contributed by atoms with Crippen molar-refractivity contribution < 1.29 is 9.90 Å². The van der Waals surface area contributed by atoms with Gasteiger partial charge in [-0.2, -0.15) is 0 Å². The lowest BCUT2D eigenvalue weighted by molar-refractivity contribution is -0.122. The number of aliphatic hydroxyl groups is 1. The predicted octanol–water partition coefficient (Wildman–Crippen LogP) is 2.47. The van der Waals surface area contributed by atoms with Gasteiger partial charge in [0.15, 0.2) is 0 Å². The average molecular weight is 333 g/mol. The number of carbonyl (C=O) groups is 1. The van der Waals surface area contributed by atoms with E-state index in [1.54, 1.807) is 11.9 Å². The molecule has 23 heavy (non-hydrogen) atoms. The molecule has 2 rings (SSSR count). The fourth-order valence-electron chi connectivity index (χ4n) is 2.39. The van der Waals surface area contributed by atoms with E-state index in [0.29, 0.717) is 11.6 Å². The van der Waals surface area contributed by atoms with Gasteiger partial charge in [0, 0.05) is 11.6 Å². The van der Waals surface area contributed by atoms with Gasteiger partial charge in [0.05, 0.1) is 19.2 Å². The van der Waals surface area contributed by atoms with Gasteiger partial charge >= 0.3 is 0 Å². The second kappa shape index (κ2) is 8.67. The predicted molar refractivity (Wildman–Crippen MR) is 92.5 cm³/mol. The van der Waals surface area contributed by atoms with E-state index in [0.717, 1.165) is 11.1 Å². The van der Waals surface area contributed by atoms with Crippen LogP contribution in [0.15, 0.2) is 54.6 Å². The maximum absolute atomic E-state index is 12.3. The number of benzene rings is 2. The SMILES string of the molecule is CN(CCO)CC(=O)NC(c1ccccc1)c1cccc(Cl)c1. The van der Waals surface area contributed by atoms with Crippen molar-refractivity contribution in [1.29, 1.82) is 0 Å². The average Bonchev–Trinajstić information content (AvgIpc) is 2.53. The zero-order valence-electron chi connectivity index (χ0n) is 13.1. The largest absolute Gasteiger partial charge is 0.395 e. The molecule has 0 saturated carbocycles. The number of hydrogen-bond acceptors (Lipinski definition) is 3. The second-order valence-corrected chi connectivity index (χ2v) is 5.86. The van der Waals surface area contributed by atoms with Gasteiger partial charge in [-0.1, -0.05) is 54.1 Å². The molecule has 1 amide bonds. The van der Waals surface area contributed by atoms with E-state index in [2.05, 4.69) is 5.32 Å². The topological polar surface area (TPSA) is 52.6 Å². The summed E-state index contributed by atoms with van der Waals surface area (Å²) in [6.07, 6.45) is 0. The van der Waals surface area contributed by atoms with Crippen molar-refractivity contribution in [2.75, 3.05) is 26.7 Å². The van der Waals surface area contributed by atoms with Crippen LogP contribution >= 0.6 is 11.6 Å². The zero-order valence-corrected chi connectivity index (χ0v) is 13.8. The maximum Gasteiger partial charge on any atom is 0.234 e. The first-order valence-corrected chi connectivity index (χ1v) is 7.87. The number of nitrogens with zero attached hydrogens (tertiary/aromatic N) is 1. The summed E-state index contributed by atoms with van der Waals surface area (Å²) >= 11 is 6.09. The van der Waals surface area contributed by atoms with Crippen molar-refractivity contribution in [2.45, 2.75) is 6.04 Å². The molecule has 4 nitrogen and oxygen atoms in total. The Hall–Kier alpha value is -1.88. The molecule has 0 spiro atoms. The summed E-state index contributed by atoms with van der Waals surface area (Å²) in [5.41, 5.74) is 1.93. The van der Waals surface area contributed by atoms with Gasteiger partial charge in [0.1, 0.15) is 0 Å². The Morgan fingerprint density at radius 1 is 1.17 bits per heavy atom. The molecule has 0 saturated heterocycles. The molecule has 0 fully saturated rings. The smallest absolute Gasteiger partial charge is 0.234 e. The van der Waals surface area contributed by atoms with Gasteiger partial charge in [-0.25, -0.2) is 0 Å². The third-order valence-electron chi connectivity index (χ3n) is 3.52. The van der Waals surface area contributed by atoms with Gasteiger partial charge in [0.2, 0.25) is 5.91 Å². The van der Waals surface area contributed by atoms with Crippen LogP contribution in [0.4, 0.5) is 0 Å². The van der Waals surface area contributed by atoms with E-state index in [4.69, 9.17) is 16.7 Å². The van der Waals surface area contributed by atoms with Crippen LogP contribution < -0.4 is 5.32 Å². The van der Waals surface area contributed by atoms with E-state index in [9.17, 15) is 4.79 Å². The van der Waals surface area contributed by atoms with Gasteiger partial charge in [-0.15, -0.1) is 0 Å². The Kier molecular flexibility index (Phi) is 6.59. The minimum Gasteiger partial charge on any atom is -0.395 e. The van der Waals surface area contributed by atoms with Crippen LogP contribution in [-0.2, 0) is 4.79 Å². The van der Waals surface area contributed by atoms with Gasteiger partial charge in [-0.3, -0.25) is 9.69 Å². The molecule has 1 unspecified atom stereocenters. The maximum atomic E-state index is 12.3. The first kappa shape index (κ1) is 17.5. The lowest BCUT2D eigenvalue weighted by Crippen LogP contribution is -2.38. The van der Waals surface area contributed by atoms with Crippen molar-refractivity contribution in [3.05, 3.63) is 70.7 Å². The number of carbonyl (C=O) groups excluding carboxylic acids is 1. The van der Waals surface area contributed by atoms with Gasteiger partial charge in [-0.05, 0) is 30.3 Å². The third-order valence-corrected chi connectivity index (χ3v) is 3.75. The summed E-state index contributed by atoms with van der Waals surface area (Å²) in [4.78, 5) is 14.1. The molecule has 0 aliphatic rings. The van der Waals surface area contributed by atoms with E-state index >= 15 is 0 Å². The Balaban J connectivity index is 2.19. The molecule has 2 aromatic rings. The van der Waals surface area contributed by atoms with Crippen molar-refractivity contribution in [1.82, 2.24) is 10.2 Å². The molecule has 5 heteroatoms. The molecular weight excluding hydrogens is 312 g/mol. The quantitative estimate of drug-likeness (QED) is 0.819. The summed E-state index contributed by atoms with van der Waals surface area (Å²) in [5, 5.41) is 12.6. The molecule has 122 valence electrons. The number of nitrogens with one attached hydrogen (secondary N) is 1. The fourth-order valence-corrected chi connectivity index (χ4v) is 2.59. The molecule has 0 aromatic heterocycles. The lowest BCUT2D eigenvalue weighted by Gasteiger charge is -2.22. The molecule has 0 bridgehead atoms. The monoisotopic (exact) mass is 332 g/mol.